The van der Waals surface area contributed by atoms with Crippen molar-refractivity contribution in [2.45, 2.75) is 30.9 Å². The van der Waals surface area contributed by atoms with E-state index in [0.717, 1.165) is 18.7 Å². The number of halogens is 3. The van der Waals surface area contributed by atoms with Crippen molar-refractivity contribution in [2.75, 3.05) is 0 Å². The molecule has 0 aromatic carbocycles. The van der Waals surface area contributed by atoms with Gasteiger partial charge in [-0.25, -0.2) is 0 Å². The fourth-order valence-electron chi connectivity index (χ4n) is 2.00. The molecule has 0 radical (unpaired) electrons. The fraction of sp³-hybridized carbons (Fsp3) is 0.455. The summed E-state index contributed by atoms with van der Waals surface area (Å²) in [5.41, 5.74) is 3.95. The molecule has 1 aromatic heterocycles. The van der Waals surface area contributed by atoms with Gasteiger partial charge in [0.2, 0.25) is 5.91 Å². The SMILES string of the molecule is NC(=O)C1(c2ccc(C(F)(F)F)cn2)CCC1. The molecule has 1 amide bonds. The van der Waals surface area contributed by atoms with Crippen LogP contribution in [0.1, 0.15) is 30.5 Å². The average Bonchev–Trinajstić information content (AvgIpc) is 2.14. The highest BCUT2D eigenvalue weighted by atomic mass is 19.4. The third-order valence-electron chi connectivity index (χ3n) is 3.26. The van der Waals surface area contributed by atoms with E-state index in [-0.39, 0.29) is 0 Å². The third kappa shape index (κ3) is 1.87. The number of hydrogen-bond donors (Lipinski definition) is 1. The second-order valence-corrected chi connectivity index (χ2v) is 4.23. The van der Waals surface area contributed by atoms with Gasteiger partial charge in [-0.1, -0.05) is 6.42 Å². The van der Waals surface area contributed by atoms with Gasteiger partial charge in [0.1, 0.15) is 0 Å². The minimum atomic E-state index is -4.41. The van der Waals surface area contributed by atoms with Crippen molar-refractivity contribution in [3.05, 3.63) is 29.6 Å². The second-order valence-electron chi connectivity index (χ2n) is 4.23. The number of primary amides is 1. The number of rotatable bonds is 2. The number of alkyl halides is 3. The topological polar surface area (TPSA) is 56.0 Å². The Bertz CT molecular complexity index is 435. The smallest absolute Gasteiger partial charge is 0.369 e. The first kappa shape index (κ1) is 11.9. The Labute approximate surface area is 95.8 Å². The van der Waals surface area contributed by atoms with Crippen LogP contribution in [0, 0.1) is 0 Å². The lowest BCUT2D eigenvalue weighted by molar-refractivity contribution is -0.137. The summed E-state index contributed by atoms with van der Waals surface area (Å²) in [5, 5.41) is 0. The summed E-state index contributed by atoms with van der Waals surface area (Å²) in [6.07, 6.45) is -1.71. The molecule has 1 aliphatic rings. The molecule has 0 bridgehead atoms. The van der Waals surface area contributed by atoms with Crippen molar-refractivity contribution in [1.82, 2.24) is 4.98 Å². The molecule has 0 saturated heterocycles. The largest absolute Gasteiger partial charge is 0.417 e. The monoisotopic (exact) mass is 244 g/mol. The molecule has 0 aliphatic heterocycles. The van der Waals surface area contributed by atoms with Crippen molar-refractivity contribution < 1.29 is 18.0 Å². The highest BCUT2D eigenvalue weighted by molar-refractivity contribution is 5.87. The van der Waals surface area contributed by atoms with Gasteiger partial charge in [-0.15, -0.1) is 0 Å². The number of amides is 1. The molecule has 3 nitrogen and oxygen atoms in total. The highest BCUT2D eigenvalue weighted by Gasteiger charge is 2.45. The predicted octanol–water partition coefficient (Wildman–Crippen LogP) is 2.01. The minimum Gasteiger partial charge on any atom is -0.369 e. The molecule has 1 heterocycles. The van der Waals surface area contributed by atoms with Gasteiger partial charge in [-0.2, -0.15) is 13.2 Å². The van der Waals surface area contributed by atoms with E-state index >= 15 is 0 Å². The highest BCUT2D eigenvalue weighted by Crippen LogP contribution is 2.43. The standard InChI is InChI=1S/C11H11F3N2O/c12-11(13,14)7-2-3-8(16-6-7)10(9(15)17)4-1-5-10/h2-3,6H,1,4-5H2,(H2,15,17). The van der Waals surface area contributed by atoms with E-state index in [0.29, 0.717) is 18.5 Å². The summed E-state index contributed by atoms with van der Waals surface area (Å²) < 4.78 is 37.0. The zero-order valence-corrected chi connectivity index (χ0v) is 8.92. The maximum atomic E-state index is 12.3. The summed E-state index contributed by atoms with van der Waals surface area (Å²) in [7, 11) is 0. The van der Waals surface area contributed by atoms with Gasteiger partial charge < -0.3 is 5.73 Å². The normalized spacial score (nSPS) is 18.5. The number of carbonyl (C=O) groups is 1. The molecule has 6 heteroatoms. The van der Waals surface area contributed by atoms with Gasteiger partial charge in [-0.05, 0) is 25.0 Å². The number of aromatic nitrogens is 1. The van der Waals surface area contributed by atoms with Gasteiger partial charge in [0.05, 0.1) is 16.7 Å². The molecule has 1 aliphatic carbocycles. The van der Waals surface area contributed by atoms with Crippen LogP contribution in [0.3, 0.4) is 0 Å². The van der Waals surface area contributed by atoms with Crippen LogP contribution in [0.15, 0.2) is 18.3 Å². The summed E-state index contributed by atoms with van der Waals surface area (Å²) in [4.78, 5) is 15.1. The van der Waals surface area contributed by atoms with Crippen LogP contribution in [0.5, 0.6) is 0 Å². The van der Waals surface area contributed by atoms with Crippen molar-refractivity contribution >= 4 is 5.91 Å². The quantitative estimate of drug-likeness (QED) is 0.865. The van der Waals surface area contributed by atoms with Crippen LogP contribution in [0.25, 0.3) is 0 Å². The van der Waals surface area contributed by atoms with Crippen molar-refractivity contribution in [3.8, 4) is 0 Å². The first-order valence-electron chi connectivity index (χ1n) is 5.20. The molecule has 1 aromatic rings. The van der Waals surface area contributed by atoms with Gasteiger partial charge in [0, 0.05) is 6.20 Å². The molecule has 2 rings (SSSR count). The Morgan fingerprint density at radius 2 is 2.00 bits per heavy atom. The maximum Gasteiger partial charge on any atom is 0.417 e. The minimum absolute atomic E-state index is 0.337. The van der Waals surface area contributed by atoms with Crippen LogP contribution in [-0.4, -0.2) is 10.9 Å². The van der Waals surface area contributed by atoms with Crippen LogP contribution in [0.4, 0.5) is 13.2 Å². The zero-order chi connectivity index (χ0) is 12.7. The van der Waals surface area contributed by atoms with Gasteiger partial charge in [-0.3, -0.25) is 9.78 Å². The molecule has 2 N–H and O–H groups in total. The first-order valence-corrected chi connectivity index (χ1v) is 5.20. The lowest BCUT2D eigenvalue weighted by atomic mass is 9.66. The van der Waals surface area contributed by atoms with Gasteiger partial charge in [0.25, 0.3) is 0 Å². The van der Waals surface area contributed by atoms with E-state index in [1.807, 2.05) is 0 Å². The van der Waals surface area contributed by atoms with E-state index in [2.05, 4.69) is 4.98 Å². The molecule has 0 spiro atoms. The van der Waals surface area contributed by atoms with Gasteiger partial charge in [0.15, 0.2) is 0 Å². The number of nitrogens with zero attached hydrogens (tertiary/aromatic N) is 1. The van der Waals surface area contributed by atoms with E-state index in [1.165, 1.54) is 6.07 Å². The van der Waals surface area contributed by atoms with E-state index in [4.69, 9.17) is 5.73 Å². The van der Waals surface area contributed by atoms with E-state index < -0.39 is 23.1 Å². The predicted molar refractivity (Wildman–Crippen MR) is 54.0 cm³/mol. The molecule has 17 heavy (non-hydrogen) atoms. The molecular formula is C11H11F3N2O. The van der Waals surface area contributed by atoms with Crippen LogP contribution < -0.4 is 5.73 Å². The Morgan fingerprint density at radius 3 is 2.29 bits per heavy atom. The molecule has 0 atom stereocenters. The van der Waals surface area contributed by atoms with E-state index in [9.17, 15) is 18.0 Å². The average molecular weight is 244 g/mol. The number of hydrogen-bond acceptors (Lipinski definition) is 2. The molecular weight excluding hydrogens is 233 g/mol. The molecule has 92 valence electrons. The Kier molecular flexibility index (Phi) is 2.60. The van der Waals surface area contributed by atoms with Crippen molar-refractivity contribution in [2.24, 2.45) is 5.73 Å². The lowest BCUT2D eigenvalue weighted by Gasteiger charge is -2.38. The third-order valence-corrected chi connectivity index (χ3v) is 3.26. The second kappa shape index (κ2) is 3.72. The number of carbonyl (C=O) groups excluding carboxylic acids is 1. The van der Waals surface area contributed by atoms with Crippen LogP contribution in [-0.2, 0) is 16.4 Å². The molecule has 1 saturated carbocycles. The fourth-order valence-corrected chi connectivity index (χ4v) is 2.00. The van der Waals surface area contributed by atoms with Gasteiger partial charge >= 0.3 is 6.18 Å². The summed E-state index contributed by atoms with van der Waals surface area (Å²) in [6, 6.07) is 2.18. The Balaban J connectivity index is 2.32. The Hall–Kier alpha value is -1.59. The summed E-state index contributed by atoms with van der Waals surface area (Å²) in [5.74, 6) is -0.518. The molecule has 0 unspecified atom stereocenters. The van der Waals surface area contributed by atoms with E-state index in [1.54, 1.807) is 0 Å². The van der Waals surface area contributed by atoms with Crippen LogP contribution >= 0.6 is 0 Å². The summed E-state index contributed by atoms with van der Waals surface area (Å²) in [6.45, 7) is 0. The summed E-state index contributed by atoms with van der Waals surface area (Å²) >= 11 is 0. The number of pyridine rings is 1. The van der Waals surface area contributed by atoms with Crippen LogP contribution in [0.2, 0.25) is 0 Å². The van der Waals surface area contributed by atoms with Crippen molar-refractivity contribution in [3.63, 3.8) is 0 Å². The molecule has 1 fully saturated rings. The number of nitrogens with two attached hydrogens (primary N) is 1. The maximum absolute atomic E-state index is 12.3. The lowest BCUT2D eigenvalue weighted by Crippen LogP contribution is -2.47. The van der Waals surface area contributed by atoms with Crippen molar-refractivity contribution in [1.29, 1.82) is 0 Å². The first-order chi connectivity index (χ1) is 7.86. The zero-order valence-electron chi connectivity index (χ0n) is 8.92. The Morgan fingerprint density at radius 1 is 1.35 bits per heavy atom.